The highest BCUT2D eigenvalue weighted by atomic mass is 16.4. The fourth-order valence-corrected chi connectivity index (χ4v) is 0.760. The second-order valence-corrected chi connectivity index (χ2v) is 3.90. The molecule has 0 aromatic carbocycles. The van der Waals surface area contributed by atoms with Crippen LogP contribution in [0.3, 0.4) is 0 Å². The number of carboxylic acid groups (broad SMARTS) is 1. The van der Waals surface area contributed by atoms with E-state index in [9.17, 15) is 9.90 Å². The number of hydrogen-bond acceptors (Lipinski definition) is 3. The van der Waals surface area contributed by atoms with Crippen LogP contribution in [0.5, 0.6) is 0 Å². The molecule has 0 bridgehead atoms. The van der Waals surface area contributed by atoms with Crippen molar-refractivity contribution in [3.05, 3.63) is 0 Å². The van der Waals surface area contributed by atoms with Gasteiger partial charge in [0.15, 0.2) is 6.34 Å². The monoisotopic (exact) mass is 188 g/mol. The predicted octanol–water partition coefficient (Wildman–Crippen LogP) is -2.97. The molecule has 0 saturated carbocycles. The van der Waals surface area contributed by atoms with Crippen LogP contribution in [0.25, 0.3) is 0 Å². The fraction of sp³-hybridized carbons (Fsp3) is 0.750. The van der Waals surface area contributed by atoms with Gasteiger partial charge in [0.1, 0.15) is 13.1 Å². The predicted molar refractivity (Wildman–Crippen MR) is 48.1 cm³/mol. The Morgan fingerprint density at radius 2 is 2.23 bits per heavy atom. The molecule has 5 nitrogen and oxygen atoms in total. The zero-order chi connectivity index (χ0) is 10.3. The van der Waals surface area contributed by atoms with Crippen LogP contribution in [-0.4, -0.2) is 57.6 Å². The Kier molecular flexibility index (Phi) is 5.25. The van der Waals surface area contributed by atoms with Gasteiger partial charge in [0, 0.05) is 0 Å². The Balaban J connectivity index is 0.000000243. The van der Waals surface area contributed by atoms with Gasteiger partial charge in [0.2, 0.25) is 0 Å². The smallest absolute Gasteiger partial charge is 0.182 e. The summed E-state index contributed by atoms with van der Waals surface area (Å²) in [7, 11) is 5.40. The minimum atomic E-state index is -1.00. The summed E-state index contributed by atoms with van der Waals surface area (Å²) >= 11 is 0. The van der Waals surface area contributed by atoms with Crippen molar-refractivity contribution < 1.29 is 19.7 Å². The van der Waals surface area contributed by atoms with Gasteiger partial charge in [0.05, 0.1) is 33.7 Å². The molecular formula is C8H18N3O2+. The van der Waals surface area contributed by atoms with Crippen LogP contribution in [0.15, 0.2) is 4.99 Å². The molecule has 0 aliphatic carbocycles. The fourth-order valence-electron chi connectivity index (χ4n) is 0.760. The molecule has 1 aliphatic heterocycles. The number of nitrogens with zero attached hydrogens (tertiary/aromatic N) is 2. The van der Waals surface area contributed by atoms with Crippen molar-refractivity contribution in [3.8, 4) is 0 Å². The lowest BCUT2D eigenvalue weighted by Crippen LogP contribution is -2.80. The molecule has 1 rings (SSSR count). The minimum absolute atomic E-state index is 0.0694. The van der Waals surface area contributed by atoms with Crippen LogP contribution in [0, 0.1) is 0 Å². The van der Waals surface area contributed by atoms with Crippen LogP contribution in [-0.2, 0) is 4.79 Å². The van der Waals surface area contributed by atoms with Gasteiger partial charge in [-0.2, -0.15) is 0 Å². The van der Waals surface area contributed by atoms with E-state index in [2.05, 4.69) is 10.3 Å². The topological polar surface area (TPSA) is 69.1 Å². The highest BCUT2D eigenvalue weighted by Gasteiger charge is 2.04. The quantitative estimate of drug-likeness (QED) is 0.470. The van der Waals surface area contributed by atoms with Crippen molar-refractivity contribution in [1.29, 1.82) is 0 Å². The Morgan fingerprint density at radius 1 is 1.62 bits per heavy atom. The first-order chi connectivity index (χ1) is 5.92. The van der Waals surface area contributed by atoms with Gasteiger partial charge in [-0.3, -0.25) is 0 Å². The maximum absolute atomic E-state index is 9.89. The van der Waals surface area contributed by atoms with Gasteiger partial charge >= 0.3 is 0 Å². The number of quaternary nitrogens is 2. The van der Waals surface area contributed by atoms with Crippen molar-refractivity contribution >= 4 is 12.3 Å². The van der Waals surface area contributed by atoms with Crippen LogP contribution in [0.4, 0.5) is 0 Å². The van der Waals surface area contributed by atoms with Crippen molar-refractivity contribution in [2.45, 2.75) is 0 Å². The number of rotatable bonds is 2. The molecule has 0 atom stereocenters. The van der Waals surface area contributed by atoms with Gasteiger partial charge in [-0.05, 0) is 0 Å². The number of aliphatic imine (C=N–C) groups is 1. The molecule has 5 heteroatoms. The first-order valence-electron chi connectivity index (χ1n) is 4.24. The second-order valence-electron chi connectivity index (χ2n) is 3.90. The van der Waals surface area contributed by atoms with Gasteiger partial charge in [-0.1, -0.05) is 0 Å². The zero-order valence-corrected chi connectivity index (χ0v) is 8.49. The average Bonchev–Trinajstić information content (AvgIpc) is 2.33. The number of hydrogen-bond donors (Lipinski definition) is 1. The summed E-state index contributed by atoms with van der Waals surface area (Å²) in [5.41, 5.74) is 0. The Labute approximate surface area is 78.7 Å². The third-order valence-corrected chi connectivity index (χ3v) is 1.24. The largest absolute Gasteiger partial charge is 0.544 e. The SMILES string of the molecule is C1=NCC[NH2+]1.C[N+](C)(C)CC(=O)[O-]. The normalized spacial score (nSPS) is 15.0. The Hall–Kier alpha value is -0.940. The van der Waals surface area contributed by atoms with E-state index < -0.39 is 5.97 Å². The third-order valence-electron chi connectivity index (χ3n) is 1.24. The molecule has 2 N–H and O–H groups in total. The molecule has 0 aromatic heterocycles. The summed E-state index contributed by atoms with van der Waals surface area (Å²) in [6, 6.07) is 0. The van der Waals surface area contributed by atoms with Gasteiger partial charge in [-0.15, -0.1) is 0 Å². The maximum Gasteiger partial charge on any atom is 0.182 e. The van der Waals surface area contributed by atoms with E-state index in [-0.39, 0.29) is 6.54 Å². The molecule has 13 heavy (non-hydrogen) atoms. The first-order valence-corrected chi connectivity index (χ1v) is 4.24. The maximum atomic E-state index is 9.89. The summed E-state index contributed by atoms with van der Waals surface area (Å²) in [5, 5.41) is 12.0. The van der Waals surface area contributed by atoms with Crippen LogP contribution in [0.2, 0.25) is 0 Å². The van der Waals surface area contributed by atoms with Crippen molar-refractivity contribution in [1.82, 2.24) is 0 Å². The summed E-state index contributed by atoms with van der Waals surface area (Å²) in [6.07, 6.45) is 1.86. The summed E-state index contributed by atoms with van der Waals surface area (Å²) in [6.45, 7) is 2.24. The minimum Gasteiger partial charge on any atom is -0.544 e. The number of carboxylic acids is 1. The summed E-state index contributed by atoms with van der Waals surface area (Å²) in [4.78, 5) is 13.8. The number of carbonyl (C=O) groups excluding carboxylic acids is 1. The third kappa shape index (κ3) is 11.1. The molecular weight excluding hydrogens is 170 g/mol. The lowest BCUT2D eigenvalue weighted by molar-refractivity contribution is -0.864. The van der Waals surface area contributed by atoms with E-state index in [1.807, 2.05) is 6.34 Å². The van der Waals surface area contributed by atoms with Crippen LogP contribution >= 0.6 is 0 Å². The standard InChI is InChI=1S/C5H11NO2.C3H6N2/c1-6(2,3)4-5(7)8;1-2-5-3-4-1/h4H2,1-3H3;3H,1-2H2,(H,4,5)/p+1. The molecule has 1 aliphatic rings. The number of nitrogens with two attached hydrogens (primary N) is 1. The molecule has 0 aromatic rings. The Bertz CT molecular complexity index is 178. The van der Waals surface area contributed by atoms with Crippen LogP contribution < -0.4 is 10.4 Å². The molecule has 0 radical (unpaired) electrons. The number of aliphatic carboxylic acids is 1. The lowest BCUT2D eigenvalue weighted by Gasteiger charge is -2.23. The molecule has 0 saturated heterocycles. The first kappa shape index (κ1) is 12.1. The molecule has 0 spiro atoms. The highest BCUT2D eigenvalue weighted by Crippen LogP contribution is 1.84. The molecule has 0 fully saturated rings. The van der Waals surface area contributed by atoms with E-state index in [4.69, 9.17) is 0 Å². The number of carbonyl (C=O) groups is 1. The van der Waals surface area contributed by atoms with Crippen LogP contribution in [0.1, 0.15) is 0 Å². The van der Waals surface area contributed by atoms with Crippen molar-refractivity contribution in [2.75, 3.05) is 40.8 Å². The molecule has 0 unspecified atom stereocenters. The highest BCUT2D eigenvalue weighted by molar-refractivity contribution is 5.65. The molecule has 1 heterocycles. The zero-order valence-electron chi connectivity index (χ0n) is 8.49. The van der Waals surface area contributed by atoms with Gasteiger partial charge in [0.25, 0.3) is 0 Å². The van der Waals surface area contributed by atoms with E-state index in [0.29, 0.717) is 4.48 Å². The van der Waals surface area contributed by atoms with E-state index in [1.54, 1.807) is 21.1 Å². The second kappa shape index (κ2) is 5.66. The molecule has 0 amide bonds. The van der Waals surface area contributed by atoms with Crippen molar-refractivity contribution in [2.24, 2.45) is 4.99 Å². The molecule has 76 valence electrons. The summed E-state index contributed by atoms with van der Waals surface area (Å²) < 4.78 is 0.419. The van der Waals surface area contributed by atoms with E-state index >= 15 is 0 Å². The summed E-state index contributed by atoms with van der Waals surface area (Å²) in [5.74, 6) is -1.00. The van der Waals surface area contributed by atoms with E-state index in [0.717, 1.165) is 13.1 Å². The number of likely N-dealkylation sites (N-methyl/N-ethyl adjacent to an activating group) is 1. The lowest BCUT2D eigenvalue weighted by atomic mass is 10.5. The van der Waals surface area contributed by atoms with Gasteiger partial charge < -0.3 is 19.7 Å². The van der Waals surface area contributed by atoms with Crippen molar-refractivity contribution in [3.63, 3.8) is 0 Å². The Morgan fingerprint density at radius 3 is 2.31 bits per heavy atom. The van der Waals surface area contributed by atoms with Gasteiger partial charge in [-0.25, -0.2) is 4.99 Å². The van der Waals surface area contributed by atoms with E-state index in [1.165, 1.54) is 0 Å². The average molecular weight is 188 g/mol.